The molecule has 0 saturated carbocycles. The number of hydrogen-bond acceptors (Lipinski definition) is 3. The summed E-state index contributed by atoms with van der Waals surface area (Å²) in [5, 5.41) is 11.2. The van der Waals surface area contributed by atoms with Gasteiger partial charge in [-0.1, -0.05) is 11.6 Å². The molecule has 3 aromatic rings. The van der Waals surface area contributed by atoms with Gasteiger partial charge >= 0.3 is 0 Å². The van der Waals surface area contributed by atoms with Crippen LogP contribution in [0.25, 0.3) is 22.0 Å². The topological polar surface area (TPSA) is 49.8 Å². The Morgan fingerprint density at radius 1 is 1.25 bits per heavy atom. The van der Waals surface area contributed by atoms with Crippen LogP contribution in [0, 0.1) is 11.3 Å². The van der Waals surface area contributed by atoms with Gasteiger partial charge in [0.05, 0.1) is 22.7 Å². The number of hydrogen-bond donors (Lipinski definition) is 0. The monoisotopic (exact) mass is 228 g/mol. The molecule has 2 heterocycles. The van der Waals surface area contributed by atoms with Gasteiger partial charge in [-0.3, -0.25) is 0 Å². The number of halogens is 1. The number of rotatable bonds is 0. The molecule has 0 aliphatic carbocycles. The van der Waals surface area contributed by atoms with Crippen molar-refractivity contribution in [1.82, 2.24) is 4.98 Å². The summed E-state index contributed by atoms with van der Waals surface area (Å²) in [5.41, 5.74) is 1.74. The number of pyridine rings is 1. The number of benzene rings is 1. The lowest BCUT2D eigenvalue weighted by molar-refractivity contribution is 0.604. The third-order valence-corrected chi connectivity index (χ3v) is 2.71. The first kappa shape index (κ1) is 9.20. The highest BCUT2D eigenvalue weighted by molar-refractivity contribution is 6.31. The second kappa shape index (κ2) is 3.22. The second-order valence-corrected chi connectivity index (χ2v) is 3.84. The largest absolute Gasteiger partial charge is 0.446 e. The Hall–Kier alpha value is -2.05. The van der Waals surface area contributed by atoms with Gasteiger partial charge in [0.2, 0.25) is 5.71 Å². The van der Waals surface area contributed by atoms with Crippen LogP contribution >= 0.6 is 11.6 Å². The molecule has 3 nitrogen and oxygen atoms in total. The molecule has 1 aromatic carbocycles. The first-order valence-corrected chi connectivity index (χ1v) is 5.04. The Balaban J connectivity index is 2.61. The minimum absolute atomic E-state index is 0.478. The molecule has 0 saturated heterocycles. The predicted octanol–water partition coefficient (Wildman–Crippen LogP) is 3.51. The van der Waals surface area contributed by atoms with Crippen molar-refractivity contribution in [2.24, 2.45) is 0 Å². The number of nitriles is 1. The summed E-state index contributed by atoms with van der Waals surface area (Å²) < 4.78 is 5.20. The van der Waals surface area contributed by atoms with Crippen molar-refractivity contribution in [3.63, 3.8) is 0 Å². The van der Waals surface area contributed by atoms with Crippen molar-refractivity contribution in [2.45, 2.75) is 0 Å². The molecule has 0 atom stereocenters. The Kier molecular flexibility index (Phi) is 1.85. The van der Waals surface area contributed by atoms with E-state index in [-0.39, 0.29) is 0 Å². The van der Waals surface area contributed by atoms with E-state index in [2.05, 4.69) is 11.1 Å². The second-order valence-electron chi connectivity index (χ2n) is 3.40. The molecule has 2 aromatic heterocycles. The van der Waals surface area contributed by atoms with Gasteiger partial charge in [0.15, 0.2) is 0 Å². The quantitative estimate of drug-likeness (QED) is 0.592. The van der Waals surface area contributed by atoms with E-state index in [9.17, 15) is 5.26 Å². The lowest BCUT2D eigenvalue weighted by Crippen LogP contribution is -1.85. The third-order valence-electron chi connectivity index (χ3n) is 2.48. The van der Waals surface area contributed by atoms with Crippen molar-refractivity contribution >= 4 is 33.6 Å². The van der Waals surface area contributed by atoms with Gasteiger partial charge in [-0.25, -0.2) is 4.98 Å². The number of fused-ring (bicyclic) bond motifs is 2. The minimum Gasteiger partial charge on any atom is -0.446 e. The summed E-state index contributed by atoms with van der Waals surface area (Å²) in [7, 11) is 0. The Labute approximate surface area is 95.9 Å². The van der Waals surface area contributed by atoms with Crippen LogP contribution in [-0.4, -0.2) is 4.98 Å². The molecular formula is C12H5ClN2O. The summed E-state index contributed by atoms with van der Waals surface area (Å²) >= 11 is 5.91. The van der Waals surface area contributed by atoms with Gasteiger partial charge in [0.1, 0.15) is 6.07 Å². The zero-order valence-corrected chi connectivity index (χ0v) is 8.82. The minimum atomic E-state index is 0.478. The zero-order valence-electron chi connectivity index (χ0n) is 8.07. The maximum absolute atomic E-state index is 9.18. The summed E-state index contributed by atoms with van der Waals surface area (Å²) in [5.74, 6) is 0. The summed E-state index contributed by atoms with van der Waals surface area (Å²) in [4.78, 5) is 4.31. The van der Waals surface area contributed by atoms with Crippen molar-refractivity contribution in [1.29, 1.82) is 5.26 Å². The highest BCUT2D eigenvalue weighted by Crippen LogP contribution is 2.27. The van der Waals surface area contributed by atoms with Gasteiger partial charge < -0.3 is 4.42 Å². The van der Waals surface area contributed by atoms with E-state index >= 15 is 0 Å². The predicted molar refractivity (Wildman–Crippen MR) is 61.2 cm³/mol. The zero-order chi connectivity index (χ0) is 11.1. The van der Waals surface area contributed by atoms with Gasteiger partial charge in [-0.2, -0.15) is 5.26 Å². The first-order chi connectivity index (χ1) is 7.79. The van der Waals surface area contributed by atoms with E-state index < -0.39 is 0 Å². The number of furan rings is 1. The van der Waals surface area contributed by atoms with Gasteiger partial charge in [0, 0.05) is 10.4 Å². The molecule has 76 valence electrons. The molecule has 0 radical (unpaired) electrons. The lowest BCUT2D eigenvalue weighted by Gasteiger charge is -2.00. The van der Waals surface area contributed by atoms with Crippen LogP contribution in [0.2, 0.25) is 5.02 Å². The van der Waals surface area contributed by atoms with Crippen molar-refractivity contribution in [2.75, 3.05) is 0 Å². The lowest BCUT2D eigenvalue weighted by atomic mass is 10.1. The molecule has 0 aliphatic heterocycles. The fourth-order valence-electron chi connectivity index (χ4n) is 1.76. The van der Waals surface area contributed by atoms with E-state index in [0.717, 1.165) is 10.8 Å². The Morgan fingerprint density at radius 2 is 2.12 bits per heavy atom. The van der Waals surface area contributed by atoms with Crippen LogP contribution in [0.3, 0.4) is 0 Å². The fraction of sp³-hybridized carbons (Fsp3) is 0. The van der Waals surface area contributed by atoms with E-state index in [1.54, 1.807) is 24.3 Å². The molecule has 0 fully saturated rings. The number of nitrogens with zero attached hydrogens (tertiary/aromatic N) is 2. The standard InChI is InChI=1S/C12H5ClN2O/c13-7-1-2-11-9(5-7)10(6-14)8-3-4-16-12(8)15-11/h1-5H. The Bertz CT molecular complexity index is 740. The van der Waals surface area contributed by atoms with Gasteiger partial charge in [-0.15, -0.1) is 0 Å². The van der Waals surface area contributed by atoms with Crippen molar-refractivity contribution in [3.05, 3.63) is 41.1 Å². The summed E-state index contributed by atoms with van der Waals surface area (Å²) in [6.07, 6.45) is 1.53. The van der Waals surface area contributed by atoms with Gasteiger partial charge in [-0.05, 0) is 24.3 Å². The summed E-state index contributed by atoms with van der Waals surface area (Å²) in [6, 6.07) is 9.17. The number of aromatic nitrogens is 1. The highest BCUT2D eigenvalue weighted by Gasteiger charge is 2.10. The van der Waals surface area contributed by atoms with Crippen molar-refractivity contribution < 1.29 is 4.42 Å². The van der Waals surface area contributed by atoms with E-state index in [4.69, 9.17) is 16.0 Å². The van der Waals surface area contributed by atoms with Crippen LogP contribution in [0.5, 0.6) is 0 Å². The molecule has 3 rings (SSSR count). The summed E-state index contributed by atoms with van der Waals surface area (Å²) in [6.45, 7) is 0. The van der Waals surface area contributed by atoms with Gasteiger partial charge in [0.25, 0.3) is 0 Å². The molecule has 4 heteroatoms. The average Bonchev–Trinajstić information content (AvgIpc) is 2.73. The maximum atomic E-state index is 9.18. The molecule has 0 N–H and O–H groups in total. The third kappa shape index (κ3) is 1.17. The fourth-order valence-corrected chi connectivity index (χ4v) is 1.93. The normalized spacial score (nSPS) is 10.8. The maximum Gasteiger partial charge on any atom is 0.227 e. The van der Waals surface area contributed by atoms with Crippen LogP contribution in [0.4, 0.5) is 0 Å². The molecule has 0 spiro atoms. The average molecular weight is 229 g/mol. The van der Waals surface area contributed by atoms with Crippen LogP contribution in [-0.2, 0) is 0 Å². The van der Waals surface area contributed by atoms with Crippen LogP contribution in [0.15, 0.2) is 34.9 Å². The Morgan fingerprint density at radius 3 is 2.94 bits per heavy atom. The molecule has 0 amide bonds. The molecule has 0 aliphatic rings. The van der Waals surface area contributed by atoms with Crippen LogP contribution < -0.4 is 0 Å². The molecule has 0 bridgehead atoms. The highest BCUT2D eigenvalue weighted by atomic mass is 35.5. The van der Waals surface area contributed by atoms with Crippen molar-refractivity contribution in [3.8, 4) is 6.07 Å². The SMILES string of the molecule is N#Cc1c2cc(Cl)ccc2nc2occc12. The van der Waals surface area contributed by atoms with Crippen LogP contribution in [0.1, 0.15) is 5.56 Å². The van der Waals surface area contributed by atoms with E-state index in [1.165, 1.54) is 6.26 Å². The first-order valence-electron chi connectivity index (χ1n) is 4.66. The van der Waals surface area contributed by atoms with E-state index in [0.29, 0.717) is 21.8 Å². The smallest absolute Gasteiger partial charge is 0.227 e. The molecule has 16 heavy (non-hydrogen) atoms. The molecular weight excluding hydrogens is 224 g/mol. The molecule has 0 unspecified atom stereocenters. The van der Waals surface area contributed by atoms with E-state index in [1.807, 2.05) is 0 Å².